The molecule has 104 valence electrons. The number of carbonyl (C=O) groups excluding carboxylic acids is 1. The molecular weight excluding hydrogens is 346 g/mol. The largest absolute Gasteiger partial charge is 0.495 e. The number of hydrogen-bond donors (Lipinski definition) is 0. The van der Waals surface area contributed by atoms with Gasteiger partial charge in [-0.3, -0.25) is 4.79 Å². The van der Waals surface area contributed by atoms with E-state index in [9.17, 15) is 4.79 Å². The Hall–Kier alpha value is -1.59. The fourth-order valence-corrected chi connectivity index (χ4v) is 2.62. The molecular formula is C14H11BrClNO3. The molecule has 2 rings (SSSR count). The van der Waals surface area contributed by atoms with E-state index in [1.54, 1.807) is 25.3 Å². The monoisotopic (exact) mass is 355 g/mol. The van der Waals surface area contributed by atoms with Crippen molar-refractivity contribution in [2.75, 3.05) is 14.2 Å². The number of benzene rings is 1. The molecule has 0 amide bonds. The molecule has 0 fully saturated rings. The maximum Gasteiger partial charge on any atom is 0.196 e. The summed E-state index contributed by atoms with van der Waals surface area (Å²) >= 11 is 9.17. The number of ether oxygens (including phenoxy) is 2. The van der Waals surface area contributed by atoms with Gasteiger partial charge in [-0.25, -0.2) is 4.98 Å². The van der Waals surface area contributed by atoms with Crippen LogP contribution in [0.4, 0.5) is 0 Å². The minimum atomic E-state index is -0.200. The summed E-state index contributed by atoms with van der Waals surface area (Å²) in [6.45, 7) is 0. The van der Waals surface area contributed by atoms with Crippen LogP contribution in [0.2, 0.25) is 5.15 Å². The quantitative estimate of drug-likeness (QED) is 0.618. The average molecular weight is 357 g/mol. The Kier molecular flexibility index (Phi) is 4.62. The van der Waals surface area contributed by atoms with Crippen LogP contribution >= 0.6 is 27.5 Å². The zero-order valence-electron chi connectivity index (χ0n) is 10.8. The van der Waals surface area contributed by atoms with Gasteiger partial charge in [0.2, 0.25) is 0 Å². The van der Waals surface area contributed by atoms with Gasteiger partial charge in [0.1, 0.15) is 21.1 Å². The van der Waals surface area contributed by atoms with Crippen molar-refractivity contribution in [1.82, 2.24) is 4.98 Å². The number of carbonyl (C=O) groups is 1. The molecule has 0 unspecified atom stereocenters. The first-order chi connectivity index (χ1) is 9.58. The minimum Gasteiger partial charge on any atom is -0.495 e. The molecule has 0 aliphatic rings. The first-order valence-corrected chi connectivity index (χ1v) is 6.82. The lowest BCUT2D eigenvalue weighted by atomic mass is 10.0. The van der Waals surface area contributed by atoms with E-state index in [4.69, 9.17) is 21.1 Å². The molecule has 0 saturated heterocycles. The molecule has 0 spiro atoms. The predicted molar refractivity (Wildman–Crippen MR) is 79.9 cm³/mol. The van der Waals surface area contributed by atoms with Gasteiger partial charge in [-0.1, -0.05) is 11.6 Å². The third-order valence-electron chi connectivity index (χ3n) is 2.72. The maximum absolute atomic E-state index is 12.5. The number of ketones is 1. The zero-order valence-corrected chi connectivity index (χ0v) is 13.2. The summed E-state index contributed by atoms with van der Waals surface area (Å²) in [5.41, 5.74) is 0.864. The lowest BCUT2D eigenvalue weighted by molar-refractivity contribution is 0.103. The molecule has 2 aromatic rings. The zero-order chi connectivity index (χ0) is 14.7. The van der Waals surface area contributed by atoms with Crippen LogP contribution < -0.4 is 9.47 Å². The number of methoxy groups -OCH3 is 2. The summed E-state index contributed by atoms with van der Waals surface area (Å²) < 4.78 is 11.1. The van der Waals surface area contributed by atoms with E-state index >= 15 is 0 Å². The van der Waals surface area contributed by atoms with E-state index in [0.29, 0.717) is 27.1 Å². The Bertz CT molecular complexity index is 661. The maximum atomic E-state index is 12.5. The van der Waals surface area contributed by atoms with Crippen molar-refractivity contribution in [2.45, 2.75) is 0 Å². The van der Waals surface area contributed by atoms with Crippen LogP contribution in [0.5, 0.6) is 11.5 Å². The van der Waals surface area contributed by atoms with Crippen LogP contribution in [0, 0.1) is 0 Å². The van der Waals surface area contributed by atoms with Gasteiger partial charge in [0.15, 0.2) is 5.78 Å². The highest BCUT2D eigenvalue weighted by atomic mass is 79.9. The van der Waals surface area contributed by atoms with Crippen LogP contribution in [0.25, 0.3) is 0 Å². The van der Waals surface area contributed by atoms with Gasteiger partial charge < -0.3 is 9.47 Å². The second-order valence-electron chi connectivity index (χ2n) is 3.86. The molecule has 0 radical (unpaired) electrons. The van der Waals surface area contributed by atoms with Crippen LogP contribution in [-0.2, 0) is 0 Å². The minimum absolute atomic E-state index is 0.200. The fraction of sp³-hybridized carbons (Fsp3) is 0.143. The Morgan fingerprint density at radius 2 is 2.00 bits per heavy atom. The molecule has 1 heterocycles. The number of aromatic nitrogens is 1. The van der Waals surface area contributed by atoms with Crippen molar-refractivity contribution in [3.8, 4) is 11.5 Å². The number of halogens is 2. The van der Waals surface area contributed by atoms with E-state index in [0.717, 1.165) is 0 Å². The number of nitrogens with zero attached hydrogens (tertiary/aromatic N) is 1. The van der Waals surface area contributed by atoms with Gasteiger partial charge in [-0.05, 0) is 40.2 Å². The van der Waals surface area contributed by atoms with Crippen LogP contribution in [-0.4, -0.2) is 25.0 Å². The molecule has 20 heavy (non-hydrogen) atoms. The van der Waals surface area contributed by atoms with Crippen molar-refractivity contribution < 1.29 is 14.3 Å². The van der Waals surface area contributed by atoms with Gasteiger partial charge in [0.25, 0.3) is 0 Å². The van der Waals surface area contributed by atoms with E-state index in [1.807, 2.05) is 0 Å². The summed E-state index contributed by atoms with van der Waals surface area (Å²) in [4.78, 5) is 16.4. The van der Waals surface area contributed by atoms with Crippen molar-refractivity contribution in [2.24, 2.45) is 0 Å². The standard InChI is InChI=1S/C14H11BrClNO3/c1-19-10-4-3-9(14(20-2)12(10)15)13(18)8-5-6-17-11(16)7-8/h3-7H,1-2H3. The summed E-state index contributed by atoms with van der Waals surface area (Å²) in [7, 11) is 3.04. The third-order valence-corrected chi connectivity index (χ3v) is 3.68. The Balaban J connectivity index is 2.52. The van der Waals surface area contributed by atoms with Crippen molar-refractivity contribution in [1.29, 1.82) is 0 Å². The first kappa shape index (κ1) is 14.8. The molecule has 6 heteroatoms. The van der Waals surface area contributed by atoms with Crippen LogP contribution in [0.3, 0.4) is 0 Å². The van der Waals surface area contributed by atoms with Gasteiger partial charge in [-0.15, -0.1) is 0 Å². The summed E-state index contributed by atoms with van der Waals surface area (Å²) in [5, 5.41) is 0.266. The Labute approximate surface area is 129 Å². The summed E-state index contributed by atoms with van der Waals surface area (Å²) in [6.07, 6.45) is 1.49. The summed E-state index contributed by atoms with van der Waals surface area (Å²) in [5.74, 6) is 0.808. The number of rotatable bonds is 4. The van der Waals surface area contributed by atoms with Crippen molar-refractivity contribution in [3.63, 3.8) is 0 Å². The number of pyridine rings is 1. The van der Waals surface area contributed by atoms with Crippen LogP contribution in [0.15, 0.2) is 34.9 Å². The lowest BCUT2D eigenvalue weighted by Crippen LogP contribution is -2.05. The van der Waals surface area contributed by atoms with E-state index in [1.165, 1.54) is 19.4 Å². The van der Waals surface area contributed by atoms with Crippen LogP contribution in [0.1, 0.15) is 15.9 Å². The number of hydrogen-bond acceptors (Lipinski definition) is 4. The molecule has 0 saturated carbocycles. The summed E-state index contributed by atoms with van der Waals surface area (Å²) in [6, 6.07) is 6.47. The van der Waals surface area contributed by atoms with Gasteiger partial charge in [0, 0.05) is 11.8 Å². The molecule has 0 aliphatic heterocycles. The SMILES string of the molecule is COc1ccc(C(=O)c2ccnc(Cl)c2)c(OC)c1Br. The molecule has 1 aromatic carbocycles. The molecule has 0 atom stereocenters. The molecule has 0 bridgehead atoms. The first-order valence-electron chi connectivity index (χ1n) is 5.65. The second kappa shape index (κ2) is 6.24. The van der Waals surface area contributed by atoms with Gasteiger partial charge >= 0.3 is 0 Å². The normalized spacial score (nSPS) is 10.2. The average Bonchev–Trinajstić information content (AvgIpc) is 2.46. The van der Waals surface area contributed by atoms with E-state index in [2.05, 4.69) is 20.9 Å². The highest BCUT2D eigenvalue weighted by Crippen LogP contribution is 2.38. The second-order valence-corrected chi connectivity index (χ2v) is 5.04. The fourth-order valence-electron chi connectivity index (χ4n) is 1.77. The Morgan fingerprint density at radius 1 is 1.25 bits per heavy atom. The van der Waals surface area contributed by atoms with Gasteiger partial charge in [-0.2, -0.15) is 0 Å². The highest BCUT2D eigenvalue weighted by molar-refractivity contribution is 9.10. The Morgan fingerprint density at radius 3 is 2.60 bits per heavy atom. The predicted octanol–water partition coefficient (Wildman–Crippen LogP) is 3.75. The molecule has 4 nitrogen and oxygen atoms in total. The molecule has 0 N–H and O–H groups in total. The van der Waals surface area contributed by atoms with Crippen molar-refractivity contribution >= 4 is 33.3 Å². The highest BCUT2D eigenvalue weighted by Gasteiger charge is 2.19. The topological polar surface area (TPSA) is 48.4 Å². The molecule has 1 aromatic heterocycles. The van der Waals surface area contributed by atoms with Gasteiger partial charge in [0.05, 0.1) is 19.8 Å². The molecule has 0 aliphatic carbocycles. The van der Waals surface area contributed by atoms with E-state index < -0.39 is 0 Å². The lowest BCUT2D eigenvalue weighted by Gasteiger charge is -2.12. The third kappa shape index (κ3) is 2.78. The van der Waals surface area contributed by atoms with E-state index in [-0.39, 0.29) is 10.9 Å². The van der Waals surface area contributed by atoms with Crippen molar-refractivity contribution in [3.05, 3.63) is 51.2 Å². The smallest absolute Gasteiger partial charge is 0.196 e.